The van der Waals surface area contributed by atoms with Crippen LogP contribution in [-0.2, 0) is 19.1 Å². The van der Waals surface area contributed by atoms with Crippen LogP contribution in [0.2, 0.25) is 0 Å². The molecular formula is C40H46N8O6. The van der Waals surface area contributed by atoms with Crippen molar-refractivity contribution in [2.75, 3.05) is 26.8 Å². The van der Waals surface area contributed by atoms with Crippen LogP contribution in [0.1, 0.15) is 87.7 Å². The molecule has 54 heavy (non-hydrogen) atoms. The second-order valence-corrected chi connectivity index (χ2v) is 15.1. The molecule has 0 unspecified atom stereocenters. The topological polar surface area (TPSA) is 189 Å². The lowest BCUT2D eigenvalue weighted by atomic mass is 9.96. The molecule has 1 aliphatic carbocycles. The van der Waals surface area contributed by atoms with Gasteiger partial charge in [0.25, 0.3) is 0 Å². The summed E-state index contributed by atoms with van der Waals surface area (Å²) in [5, 5.41) is 2.42. The molecule has 0 bridgehead atoms. The molecule has 5 N–H and O–H groups in total. The number of alkyl carbamates (subject to hydrolysis) is 1. The summed E-state index contributed by atoms with van der Waals surface area (Å²) in [4.78, 5) is 70.1. The van der Waals surface area contributed by atoms with Crippen LogP contribution >= 0.6 is 0 Å². The second-order valence-electron chi connectivity index (χ2n) is 15.1. The summed E-state index contributed by atoms with van der Waals surface area (Å²) in [6, 6.07) is 12.2. The summed E-state index contributed by atoms with van der Waals surface area (Å²) >= 11 is 0. The number of nitrogens with one attached hydrogen (secondary N) is 3. The van der Waals surface area contributed by atoms with Gasteiger partial charge >= 0.3 is 12.2 Å². The van der Waals surface area contributed by atoms with Crippen molar-refractivity contribution in [3.05, 3.63) is 71.4 Å². The molecule has 4 atom stereocenters. The molecule has 4 heterocycles. The highest BCUT2D eigenvalue weighted by atomic mass is 16.6. The highest BCUT2D eigenvalue weighted by molar-refractivity contribution is 5.86. The number of nitrogens with zero attached hydrogens (tertiary/aromatic N) is 4. The third kappa shape index (κ3) is 7.62. The first-order valence-corrected chi connectivity index (χ1v) is 18.5. The normalized spacial score (nSPS) is 19.7. The van der Waals surface area contributed by atoms with Crippen molar-refractivity contribution >= 4 is 35.0 Å². The predicted octanol–water partition coefficient (Wildman–Crippen LogP) is 5.18. The van der Waals surface area contributed by atoms with Gasteiger partial charge < -0.3 is 40.3 Å². The van der Waals surface area contributed by atoms with E-state index in [4.69, 9.17) is 15.5 Å². The van der Waals surface area contributed by atoms with Crippen LogP contribution < -0.4 is 11.1 Å². The number of amides is 4. The first-order chi connectivity index (χ1) is 25.9. The average Bonchev–Trinajstić information content (AvgIpc) is 3.65. The van der Waals surface area contributed by atoms with Gasteiger partial charge in [0.2, 0.25) is 11.8 Å². The van der Waals surface area contributed by atoms with Gasteiger partial charge in [-0.25, -0.2) is 19.6 Å². The van der Waals surface area contributed by atoms with Crippen LogP contribution in [0.4, 0.5) is 9.59 Å². The Bertz CT molecular complexity index is 2120. The summed E-state index contributed by atoms with van der Waals surface area (Å²) in [6.45, 7) is 7.07. The third-order valence-corrected chi connectivity index (χ3v) is 11.1. The smallest absolute Gasteiger partial charge is 0.407 e. The Labute approximate surface area is 313 Å². The maximum atomic E-state index is 13.5. The molecular weight excluding hydrogens is 688 g/mol. The van der Waals surface area contributed by atoms with Crippen LogP contribution in [0, 0.1) is 29.1 Å². The molecule has 14 nitrogen and oxygen atoms in total. The molecule has 2 aliphatic heterocycles. The van der Waals surface area contributed by atoms with E-state index in [1.807, 2.05) is 49.4 Å². The highest BCUT2D eigenvalue weighted by Crippen LogP contribution is 2.58. The van der Waals surface area contributed by atoms with E-state index >= 15 is 0 Å². The monoisotopic (exact) mass is 734 g/mol. The molecule has 7 rings (SSSR count). The summed E-state index contributed by atoms with van der Waals surface area (Å²) in [7, 11) is 1.18. The molecule has 3 fully saturated rings. The molecule has 2 saturated heterocycles. The Morgan fingerprint density at radius 2 is 1.72 bits per heavy atom. The van der Waals surface area contributed by atoms with E-state index in [1.165, 1.54) is 20.0 Å². The number of hydrogen-bond acceptors (Lipinski definition) is 8. The molecule has 282 valence electrons. The minimum atomic E-state index is -1.17. The zero-order valence-corrected chi connectivity index (χ0v) is 31.0. The molecule has 1 saturated carbocycles. The zero-order valence-electron chi connectivity index (χ0n) is 31.0. The van der Waals surface area contributed by atoms with Crippen molar-refractivity contribution in [1.82, 2.24) is 35.1 Å². The van der Waals surface area contributed by atoms with Crippen molar-refractivity contribution in [2.24, 2.45) is 23.0 Å². The van der Waals surface area contributed by atoms with Crippen LogP contribution in [0.25, 0.3) is 22.3 Å². The first kappa shape index (κ1) is 36.5. The van der Waals surface area contributed by atoms with Gasteiger partial charge in [0.15, 0.2) is 0 Å². The second kappa shape index (κ2) is 14.9. The quantitative estimate of drug-likeness (QED) is 0.169. The molecule has 14 heteroatoms. The van der Waals surface area contributed by atoms with Gasteiger partial charge in [0.05, 0.1) is 42.1 Å². The Hall–Kier alpha value is -5.84. The van der Waals surface area contributed by atoms with E-state index in [-0.39, 0.29) is 35.2 Å². The fraction of sp³-hybridized carbons (Fsp3) is 0.450. The van der Waals surface area contributed by atoms with Crippen molar-refractivity contribution < 1.29 is 28.7 Å². The number of carbonyl (C=O) groups is 4. The summed E-state index contributed by atoms with van der Waals surface area (Å²) in [5.74, 6) is 8.02. The highest BCUT2D eigenvalue weighted by Gasteiger charge is 2.54. The summed E-state index contributed by atoms with van der Waals surface area (Å²) in [6.07, 6.45) is 4.53. The Kier molecular flexibility index (Phi) is 10.1. The average molecular weight is 735 g/mol. The number of carbonyl (C=O) groups excluding carboxylic acids is 4. The molecule has 4 aromatic rings. The number of imidazole rings is 2. The Morgan fingerprint density at radius 1 is 0.981 bits per heavy atom. The fourth-order valence-electron chi connectivity index (χ4n) is 7.47. The van der Waals surface area contributed by atoms with E-state index in [0.29, 0.717) is 18.8 Å². The number of likely N-dealkylation sites (tertiary alicyclic amines) is 2. The lowest BCUT2D eigenvalue weighted by Crippen LogP contribution is -2.51. The lowest BCUT2D eigenvalue weighted by Gasteiger charge is -2.28. The number of rotatable bonds is 9. The van der Waals surface area contributed by atoms with Crippen molar-refractivity contribution in [3.63, 3.8) is 0 Å². The number of fused-ring (bicyclic) bond motifs is 1. The van der Waals surface area contributed by atoms with Gasteiger partial charge in [-0.2, -0.15) is 0 Å². The largest absolute Gasteiger partial charge is 0.453 e. The number of benzene rings is 2. The molecule has 1 spiro atoms. The number of ether oxygens (including phenoxy) is 2. The molecule has 4 amide bonds. The van der Waals surface area contributed by atoms with Gasteiger partial charge in [-0.3, -0.25) is 9.59 Å². The van der Waals surface area contributed by atoms with E-state index in [2.05, 4.69) is 55.6 Å². The number of methoxy groups -OCH3 is 1. The fourth-order valence-corrected chi connectivity index (χ4v) is 7.47. The van der Waals surface area contributed by atoms with Crippen LogP contribution in [0.15, 0.2) is 48.7 Å². The molecule has 2 aromatic heterocycles. The van der Waals surface area contributed by atoms with Crippen LogP contribution in [0.3, 0.4) is 0 Å². The molecule has 2 aromatic carbocycles. The maximum Gasteiger partial charge on any atom is 0.407 e. The van der Waals surface area contributed by atoms with Crippen molar-refractivity contribution in [2.45, 2.75) is 71.0 Å². The number of H-pyrrole nitrogens is 2. The van der Waals surface area contributed by atoms with E-state index in [9.17, 15) is 19.2 Å². The van der Waals surface area contributed by atoms with Crippen LogP contribution in [0.5, 0.6) is 0 Å². The molecule has 3 aliphatic rings. The summed E-state index contributed by atoms with van der Waals surface area (Å²) in [5.41, 5.74) is 10.5. The number of nitrogens with two attached hydrogens (primary N) is 1. The number of aromatic nitrogens is 4. The number of primary amides is 1. The van der Waals surface area contributed by atoms with Gasteiger partial charge in [0.1, 0.15) is 24.3 Å². The zero-order chi connectivity index (χ0) is 38.1. The minimum Gasteiger partial charge on any atom is -0.453 e. The third-order valence-electron chi connectivity index (χ3n) is 11.1. The Morgan fingerprint density at radius 3 is 2.43 bits per heavy atom. The SMILES string of the molecule is COC(=O)N[C@@H](COC(N)=O)C(=O)N1CCC[C@H]1c1ncc(-c2ccc(C#Cc3ccc4nc([C@@H]5CC6(CC6)CN5C(=O)[C@@H](C)C(C)C)[nH]c4c3)cc2)[nH]1. The van der Waals surface area contributed by atoms with Crippen molar-refractivity contribution in [3.8, 4) is 23.1 Å². The van der Waals surface area contributed by atoms with Crippen molar-refractivity contribution in [1.29, 1.82) is 0 Å². The van der Waals surface area contributed by atoms with Gasteiger partial charge in [-0.05, 0) is 79.3 Å². The number of aromatic amines is 2. The number of hydrogen-bond donors (Lipinski definition) is 4. The maximum absolute atomic E-state index is 13.5. The van der Waals surface area contributed by atoms with Gasteiger partial charge in [-0.1, -0.05) is 44.7 Å². The van der Waals surface area contributed by atoms with E-state index in [0.717, 1.165) is 58.6 Å². The standard InChI is InChI=1S/C40H46N8O6/c1-23(2)24(3)36(49)48-22-40(15-16-40)19-33(48)35-43-28-14-11-26(18-29(28)44-35)8-7-25-9-12-27(13-10-25)30-20-42-34(45-30)32-6-5-17-47(32)37(50)31(21-54-38(41)51)46-39(52)53-4/h9-14,18,20,23-24,31-33H,5-6,15-17,19,21-22H2,1-4H3,(H2,41,51)(H,42,45)(H,43,44)(H,46,52)/t24-,31-,32-,33-/m0/s1. The molecule has 0 radical (unpaired) electrons. The van der Waals surface area contributed by atoms with E-state index < -0.39 is 30.7 Å². The predicted molar refractivity (Wildman–Crippen MR) is 199 cm³/mol. The summed E-state index contributed by atoms with van der Waals surface area (Å²) < 4.78 is 9.46. The van der Waals surface area contributed by atoms with Crippen LogP contribution in [-0.4, -0.2) is 86.6 Å². The van der Waals surface area contributed by atoms with Gasteiger partial charge in [-0.15, -0.1) is 0 Å². The Balaban J connectivity index is 1.02. The minimum absolute atomic E-state index is 0.0325. The van der Waals surface area contributed by atoms with Gasteiger partial charge in [0, 0.05) is 30.1 Å². The first-order valence-electron chi connectivity index (χ1n) is 18.5. The lowest BCUT2D eigenvalue weighted by molar-refractivity contribution is -0.137. The van der Waals surface area contributed by atoms with E-state index in [1.54, 1.807) is 11.1 Å².